The average Bonchev–Trinajstić information content (AvgIpc) is 3.22. The van der Waals surface area contributed by atoms with Crippen molar-refractivity contribution in [3.8, 4) is 0 Å². The van der Waals surface area contributed by atoms with E-state index in [2.05, 4.69) is 34.6 Å². The van der Waals surface area contributed by atoms with Crippen LogP contribution in [0.15, 0.2) is 0 Å². The standard InChI is InChI=1S/C54H104O6/c1-6-7-8-9-10-11-12-13-14-15-16-17-18-19-24-29-34-39-44-52(55)58-47-51(60-54(57)46-41-36-31-26-21-23-28-33-38-43-50(4)5)48-59-53(56)45-40-35-30-25-20-22-27-32-37-42-49(2)3/h49-51H,6-48H2,1-5H3/t51-/m1/s1. The molecule has 0 aromatic heterocycles. The maximum absolute atomic E-state index is 12.8. The number of esters is 3. The maximum atomic E-state index is 12.8. The highest BCUT2D eigenvalue weighted by molar-refractivity contribution is 5.71. The Morgan fingerprint density at radius 2 is 0.550 bits per heavy atom. The lowest BCUT2D eigenvalue weighted by atomic mass is 10.0. The van der Waals surface area contributed by atoms with Crippen LogP contribution in [0.3, 0.4) is 0 Å². The zero-order chi connectivity index (χ0) is 44.0. The minimum Gasteiger partial charge on any atom is -0.462 e. The second kappa shape index (κ2) is 46.9. The number of hydrogen-bond donors (Lipinski definition) is 0. The van der Waals surface area contributed by atoms with Crippen molar-refractivity contribution >= 4 is 17.9 Å². The molecule has 0 amide bonds. The summed E-state index contributed by atoms with van der Waals surface area (Å²) in [6.45, 7) is 11.3. The number of hydrogen-bond acceptors (Lipinski definition) is 6. The largest absolute Gasteiger partial charge is 0.462 e. The first-order valence-electron chi connectivity index (χ1n) is 26.7. The lowest BCUT2D eigenvalue weighted by Gasteiger charge is -2.18. The fourth-order valence-corrected chi connectivity index (χ4v) is 8.17. The lowest BCUT2D eigenvalue weighted by Crippen LogP contribution is -2.30. The molecule has 0 radical (unpaired) electrons. The van der Waals surface area contributed by atoms with Crippen molar-refractivity contribution < 1.29 is 28.6 Å². The normalized spacial score (nSPS) is 12.1. The molecule has 0 rings (SSSR count). The number of carbonyl (C=O) groups excluding carboxylic acids is 3. The van der Waals surface area contributed by atoms with E-state index in [0.29, 0.717) is 19.3 Å². The van der Waals surface area contributed by atoms with Crippen molar-refractivity contribution in [3.63, 3.8) is 0 Å². The molecule has 0 aliphatic heterocycles. The molecule has 0 N–H and O–H groups in total. The van der Waals surface area contributed by atoms with Crippen LogP contribution < -0.4 is 0 Å². The average molecular weight is 849 g/mol. The molecule has 0 fully saturated rings. The summed E-state index contributed by atoms with van der Waals surface area (Å²) in [5.41, 5.74) is 0. The van der Waals surface area contributed by atoms with Crippen LogP contribution >= 0.6 is 0 Å². The van der Waals surface area contributed by atoms with E-state index in [1.54, 1.807) is 0 Å². The number of unbranched alkanes of at least 4 members (excludes halogenated alkanes) is 33. The van der Waals surface area contributed by atoms with Gasteiger partial charge in [-0.1, -0.05) is 259 Å². The van der Waals surface area contributed by atoms with Crippen molar-refractivity contribution in [3.05, 3.63) is 0 Å². The molecule has 0 saturated carbocycles. The van der Waals surface area contributed by atoms with E-state index < -0.39 is 6.10 Å². The van der Waals surface area contributed by atoms with Crippen LogP contribution in [0, 0.1) is 11.8 Å². The van der Waals surface area contributed by atoms with Gasteiger partial charge in [0, 0.05) is 19.3 Å². The number of carbonyl (C=O) groups is 3. The molecular weight excluding hydrogens is 745 g/mol. The molecule has 6 nitrogen and oxygen atoms in total. The first-order chi connectivity index (χ1) is 29.2. The molecule has 0 bridgehead atoms. The fourth-order valence-electron chi connectivity index (χ4n) is 8.17. The van der Waals surface area contributed by atoms with Gasteiger partial charge >= 0.3 is 17.9 Å². The zero-order valence-electron chi connectivity index (χ0n) is 41.1. The Labute approximate surface area is 374 Å². The van der Waals surface area contributed by atoms with Crippen molar-refractivity contribution in [2.24, 2.45) is 11.8 Å². The second-order valence-electron chi connectivity index (χ2n) is 19.5. The highest BCUT2D eigenvalue weighted by Gasteiger charge is 2.19. The third-order valence-electron chi connectivity index (χ3n) is 12.2. The van der Waals surface area contributed by atoms with Crippen molar-refractivity contribution in [1.82, 2.24) is 0 Å². The van der Waals surface area contributed by atoms with E-state index in [9.17, 15) is 14.4 Å². The van der Waals surface area contributed by atoms with Crippen molar-refractivity contribution in [1.29, 1.82) is 0 Å². The molecular formula is C54H104O6. The van der Waals surface area contributed by atoms with Gasteiger partial charge in [-0.15, -0.1) is 0 Å². The molecule has 0 aliphatic rings. The summed E-state index contributed by atoms with van der Waals surface area (Å²) in [7, 11) is 0. The van der Waals surface area contributed by atoms with Gasteiger partial charge in [0.2, 0.25) is 0 Å². The van der Waals surface area contributed by atoms with Gasteiger partial charge in [0.1, 0.15) is 13.2 Å². The topological polar surface area (TPSA) is 78.9 Å². The summed E-state index contributed by atoms with van der Waals surface area (Å²) >= 11 is 0. The molecule has 1 atom stereocenters. The van der Waals surface area contributed by atoms with Crippen molar-refractivity contribution in [2.75, 3.05) is 13.2 Å². The number of ether oxygens (including phenoxy) is 3. The molecule has 0 unspecified atom stereocenters. The first kappa shape index (κ1) is 58.4. The van der Waals surface area contributed by atoms with E-state index >= 15 is 0 Å². The van der Waals surface area contributed by atoms with Gasteiger partial charge in [0.05, 0.1) is 0 Å². The molecule has 356 valence electrons. The molecule has 0 aromatic carbocycles. The van der Waals surface area contributed by atoms with E-state index in [0.717, 1.165) is 69.6 Å². The van der Waals surface area contributed by atoms with Gasteiger partial charge in [0.25, 0.3) is 0 Å². The Morgan fingerprint density at radius 3 is 0.817 bits per heavy atom. The van der Waals surface area contributed by atoms with E-state index in [1.165, 1.54) is 186 Å². The van der Waals surface area contributed by atoms with Gasteiger partial charge in [-0.3, -0.25) is 14.4 Å². The summed E-state index contributed by atoms with van der Waals surface area (Å²) in [6, 6.07) is 0. The Bertz CT molecular complexity index is 916. The molecule has 0 saturated heterocycles. The summed E-state index contributed by atoms with van der Waals surface area (Å²) < 4.78 is 16.8. The Balaban J connectivity index is 4.27. The Hall–Kier alpha value is -1.59. The first-order valence-corrected chi connectivity index (χ1v) is 26.7. The number of rotatable bonds is 48. The van der Waals surface area contributed by atoms with Gasteiger partial charge in [-0.25, -0.2) is 0 Å². The van der Waals surface area contributed by atoms with Crippen LogP contribution in [0.1, 0.15) is 298 Å². The minimum atomic E-state index is -0.762. The SMILES string of the molecule is CCCCCCCCCCCCCCCCCCCCC(=O)OC[C@H](COC(=O)CCCCCCCCCCCC(C)C)OC(=O)CCCCCCCCCCCC(C)C. The third-order valence-corrected chi connectivity index (χ3v) is 12.2. The molecule has 6 heteroatoms. The van der Waals surface area contributed by atoms with Crippen LogP contribution in [0.4, 0.5) is 0 Å². The summed E-state index contributed by atoms with van der Waals surface area (Å²) in [6.07, 6.45) is 48.1. The third kappa shape index (κ3) is 47.5. The van der Waals surface area contributed by atoms with Crippen molar-refractivity contribution in [2.45, 2.75) is 304 Å². The zero-order valence-corrected chi connectivity index (χ0v) is 41.1. The van der Waals surface area contributed by atoms with Crippen LogP contribution in [-0.4, -0.2) is 37.2 Å². The van der Waals surface area contributed by atoms with Crippen LogP contribution in [-0.2, 0) is 28.6 Å². The Morgan fingerprint density at radius 1 is 0.317 bits per heavy atom. The quantitative estimate of drug-likeness (QED) is 0.0345. The second-order valence-corrected chi connectivity index (χ2v) is 19.5. The smallest absolute Gasteiger partial charge is 0.306 e. The highest BCUT2D eigenvalue weighted by Crippen LogP contribution is 2.17. The summed E-state index contributed by atoms with van der Waals surface area (Å²) in [5.74, 6) is 0.766. The summed E-state index contributed by atoms with van der Waals surface area (Å²) in [4.78, 5) is 38.0. The van der Waals surface area contributed by atoms with E-state index in [-0.39, 0.29) is 31.1 Å². The van der Waals surface area contributed by atoms with Crippen LogP contribution in [0.25, 0.3) is 0 Å². The van der Waals surface area contributed by atoms with Gasteiger partial charge in [0.15, 0.2) is 6.10 Å². The molecule has 0 aliphatic carbocycles. The highest BCUT2D eigenvalue weighted by atomic mass is 16.6. The minimum absolute atomic E-state index is 0.0639. The van der Waals surface area contributed by atoms with E-state index in [4.69, 9.17) is 14.2 Å². The summed E-state index contributed by atoms with van der Waals surface area (Å²) in [5, 5.41) is 0. The molecule has 0 heterocycles. The molecule has 60 heavy (non-hydrogen) atoms. The monoisotopic (exact) mass is 849 g/mol. The van der Waals surface area contributed by atoms with Gasteiger partial charge in [-0.05, 0) is 31.1 Å². The van der Waals surface area contributed by atoms with Crippen LogP contribution in [0.5, 0.6) is 0 Å². The predicted molar refractivity (Wildman–Crippen MR) is 256 cm³/mol. The maximum Gasteiger partial charge on any atom is 0.306 e. The lowest BCUT2D eigenvalue weighted by molar-refractivity contribution is -0.167. The van der Waals surface area contributed by atoms with E-state index in [1.807, 2.05) is 0 Å². The predicted octanol–water partition coefficient (Wildman–Crippen LogP) is 17.3. The molecule has 0 aromatic rings. The fraction of sp³-hybridized carbons (Fsp3) is 0.944. The van der Waals surface area contributed by atoms with Crippen LogP contribution in [0.2, 0.25) is 0 Å². The Kier molecular flexibility index (Phi) is 45.7. The van der Waals surface area contributed by atoms with Gasteiger partial charge < -0.3 is 14.2 Å². The molecule has 0 spiro atoms. The van der Waals surface area contributed by atoms with Gasteiger partial charge in [-0.2, -0.15) is 0 Å².